The van der Waals surface area contributed by atoms with Gasteiger partial charge in [-0.3, -0.25) is 10.2 Å². The van der Waals surface area contributed by atoms with Crippen LogP contribution in [-0.4, -0.2) is 42.2 Å². The SMILES string of the molecule is N=C(Nc1ccc(F)c(Br)c1)C(=O)C1CCN(C(=O)NCCc2ccccc2)CC1. The minimum absolute atomic E-state index is 0.124. The molecular formula is C22H24BrFN4O2. The van der Waals surface area contributed by atoms with Gasteiger partial charge in [0.1, 0.15) is 5.82 Å². The Balaban J connectivity index is 1.42. The number of nitrogens with zero attached hydrogens (tertiary/aromatic N) is 1. The molecule has 0 saturated carbocycles. The fourth-order valence-corrected chi connectivity index (χ4v) is 3.78. The first-order chi connectivity index (χ1) is 14.4. The summed E-state index contributed by atoms with van der Waals surface area (Å²) >= 11 is 3.09. The summed E-state index contributed by atoms with van der Waals surface area (Å²) in [5, 5.41) is 13.7. The average molecular weight is 475 g/mol. The molecule has 1 aliphatic rings. The summed E-state index contributed by atoms with van der Waals surface area (Å²) < 4.78 is 13.6. The lowest BCUT2D eigenvalue weighted by Gasteiger charge is -2.31. The molecular weight excluding hydrogens is 451 g/mol. The third kappa shape index (κ3) is 5.89. The number of anilines is 1. The maximum absolute atomic E-state index is 13.3. The maximum atomic E-state index is 13.3. The van der Waals surface area contributed by atoms with Crippen LogP contribution < -0.4 is 10.6 Å². The van der Waals surface area contributed by atoms with E-state index >= 15 is 0 Å². The number of likely N-dealkylation sites (tertiary alicyclic amines) is 1. The first-order valence-electron chi connectivity index (χ1n) is 9.85. The third-order valence-corrected chi connectivity index (χ3v) is 5.73. The zero-order chi connectivity index (χ0) is 21.5. The molecule has 0 aliphatic carbocycles. The van der Waals surface area contributed by atoms with Crippen LogP contribution in [0.5, 0.6) is 0 Å². The number of hydrogen-bond acceptors (Lipinski definition) is 3. The summed E-state index contributed by atoms with van der Waals surface area (Å²) in [7, 11) is 0. The monoisotopic (exact) mass is 474 g/mol. The fourth-order valence-electron chi connectivity index (χ4n) is 3.40. The number of halogens is 2. The highest BCUT2D eigenvalue weighted by Gasteiger charge is 2.29. The molecule has 158 valence electrons. The van der Waals surface area contributed by atoms with E-state index in [1.165, 1.54) is 23.8 Å². The highest BCUT2D eigenvalue weighted by atomic mass is 79.9. The Kier molecular flexibility index (Phi) is 7.57. The van der Waals surface area contributed by atoms with Crippen molar-refractivity contribution in [2.75, 3.05) is 25.0 Å². The molecule has 0 aromatic heterocycles. The van der Waals surface area contributed by atoms with E-state index in [0.717, 1.165) is 6.42 Å². The van der Waals surface area contributed by atoms with E-state index in [1.54, 1.807) is 4.90 Å². The Morgan fingerprint density at radius 2 is 1.83 bits per heavy atom. The number of Topliss-reactive ketones (excluding diaryl/α,β-unsaturated/α-hetero) is 1. The van der Waals surface area contributed by atoms with Crippen molar-refractivity contribution in [2.24, 2.45) is 5.92 Å². The molecule has 0 atom stereocenters. The quantitative estimate of drug-likeness (QED) is 0.432. The highest BCUT2D eigenvalue weighted by molar-refractivity contribution is 9.10. The van der Waals surface area contributed by atoms with Gasteiger partial charge in [0.15, 0.2) is 5.84 Å². The zero-order valence-corrected chi connectivity index (χ0v) is 18.0. The van der Waals surface area contributed by atoms with Crippen molar-refractivity contribution in [2.45, 2.75) is 19.3 Å². The molecule has 0 radical (unpaired) electrons. The molecule has 8 heteroatoms. The van der Waals surface area contributed by atoms with Gasteiger partial charge in [-0.25, -0.2) is 9.18 Å². The molecule has 3 rings (SSSR count). The molecule has 1 aliphatic heterocycles. The number of rotatable bonds is 6. The smallest absolute Gasteiger partial charge is 0.317 e. The number of carbonyl (C=O) groups excluding carboxylic acids is 2. The Bertz CT molecular complexity index is 915. The van der Waals surface area contributed by atoms with Crippen LogP contribution in [0.3, 0.4) is 0 Å². The molecule has 1 heterocycles. The molecule has 6 nitrogen and oxygen atoms in total. The van der Waals surface area contributed by atoms with Crippen molar-refractivity contribution < 1.29 is 14.0 Å². The first kappa shape index (κ1) is 22.0. The molecule has 0 spiro atoms. The van der Waals surface area contributed by atoms with Gasteiger partial charge >= 0.3 is 6.03 Å². The summed E-state index contributed by atoms with van der Waals surface area (Å²) in [5.74, 6) is -1.23. The van der Waals surface area contributed by atoms with E-state index in [9.17, 15) is 14.0 Å². The summed E-state index contributed by atoms with van der Waals surface area (Å²) in [6.07, 6.45) is 1.80. The zero-order valence-electron chi connectivity index (χ0n) is 16.5. The molecule has 2 aromatic rings. The van der Waals surface area contributed by atoms with E-state index in [-0.39, 0.29) is 28.0 Å². The predicted octanol–water partition coefficient (Wildman–Crippen LogP) is 4.21. The molecule has 30 heavy (non-hydrogen) atoms. The minimum atomic E-state index is -0.409. The molecule has 2 aromatic carbocycles. The lowest BCUT2D eigenvalue weighted by atomic mass is 9.92. The standard InChI is InChI=1S/C22H24BrFN4O2/c23-18-14-17(6-7-19(18)24)27-21(25)20(29)16-9-12-28(13-10-16)22(30)26-11-8-15-4-2-1-3-5-15/h1-7,14,16H,8-13H2,(H2,25,27)(H,26,30). The van der Waals surface area contributed by atoms with E-state index in [0.29, 0.717) is 38.2 Å². The van der Waals surface area contributed by atoms with Crippen LogP contribution in [0.4, 0.5) is 14.9 Å². The normalized spacial score (nSPS) is 14.3. The van der Waals surface area contributed by atoms with Gasteiger partial charge < -0.3 is 15.5 Å². The Morgan fingerprint density at radius 1 is 1.13 bits per heavy atom. The number of nitrogens with one attached hydrogen (secondary N) is 3. The number of ketones is 1. The molecule has 3 N–H and O–H groups in total. The number of amides is 2. The van der Waals surface area contributed by atoms with Gasteiger partial charge in [-0.15, -0.1) is 0 Å². The second-order valence-corrected chi connectivity index (χ2v) is 8.08. The second-order valence-electron chi connectivity index (χ2n) is 7.22. The predicted molar refractivity (Wildman–Crippen MR) is 118 cm³/mol. The lowest BCUT2D eigenvalue weighted by Crippen LogP contribution is -2.46. The highest BCUT2D eigenvalue weighted by Crippen LogP contribution is 2.22. The molecule has 2 amide bonds. The number of urea groups is 1. The van der Waals surface area contributed by atoms with E-state index < -0.39 is 5.82 Å². The third-order valence-electron chi connectivity index (χ3n) is 5.12. The van der Waals surface area contributed by atoms with Crippen LogP contribution in [0, 0.1) is 17.1 Å². The summed E-state index contributed by atoms with van der Waals surface area (Å²) in [6.45, 7) is 1.51. The number of carbonyl (C=O) groups is 2. The number of benzene rings is 2. The topological polar surface area (TPSA) is 85.3 Å². The Labute approximate surface area is 183 Å². The van der Waals surface area contributed by atoms with Crippen molar-refractivity contribution in [3.8, 4) is 0 Å². The van der Waals surface area contributed by atoms with E-state index in [4.69, 9.17) is 5.41 Å². The van der Waals surface area contributed by atoms with Crippen molar-refractivity contribution in [3.63, 3.8) is 0 Å². The lowest BCUT2D eigenvalue weighted by molar-refractivity contribution is -0.117. The second kappa shape index (κ2) is 10.3. The van der Waals surface area contributed by atoms with Gasteiger partial charge in [-0.05, 0) is 59.0 Å². The van der Waals surface area contributed by atoms with Crippen molar-refractivity contribution in [1.29, 1.82) is 5.41 Å². The van der Waals surface area contributed by atoms with E-state index in [2.05, 4.69) is 26.6 Å². The first-order valence-corrected chi connectivity index (χ1v) is 10.6. The van der Waals surface area contributed by atoms with E-state index in [1.807, 2.05) is 30.3 Å². The van der Waals surface area contributed by atoms with Gasteiger partial charge in [0.2, 0.25) is 5.78 Å². The number of hydrogen-bond donors (Lipinski definition) is 3. The number of piperidine rings is 1. The van der Waals surface area contributed by atoms with Gasteiger partial charge in [-0.2, -0.15) is 0 Å². The van der Waals surface area contributed by atoms with Crippen LogP contribution in [0.25, 0.3) is 0 Å². The Morgan fingerprint density at radius 3 is 2.50 bits per heavy atom. The number of amidine groups is 1. The molecule has 1 saturated heterocycles. The van der Waals surface area contributed by atoms with Gasteiger partial charge in [-0.1, -0.05) is 30.3 Å². The maximum Gasteiger partial charge on any atom is 0.317 e. The summed E-state index contributed by atoms with van der Waals surface area (Å²) in [6, 6.07) is 14.1. The van der Waals surface area contributed by atoms with Gasteiger partial charge in [0.05, 0.1) is 4.47 Å². The van der Waals surface area contributed by atoms with Crippen molar-refractivity contribution in [3.05, 3.63) is 64.4 Å². The van der Waals surface area contributed by atoms with Crippen molar-refractivity contribution >= 4 is 39.3 Å². The summed E-state index contributed by atoms with van der Waals surface area (Å²) in [5.41, 5.74) is 1.64. The van der Waals surface area contributed by atoms with Crippen molar-refractivity contribution in [1.82, 2.24) is 10.2 Å². The fraction of sp³-hybridized carbons (Fsp3) is 0.318. The van der Waals surface area contributed by atoms with Crippen LogP contribution >= 0.6 is 15.9 Å². The molecule has 1 fully saturated rings. The van der Waals surface area contributed by atoms with Crippen LogP contribution in [-0.2, 0) is 11.2 Å². The minimum Gasteiger partial charge on any atom is -0.338 e. The van der Waals surface area contributed by atoms with Gasteiger partial charge in [0, 0.05) is 31.2 Å². The molecule has 0 unspecified atom stereocenters. The van der Waals surface area contributed by atoms with Crippen LogP contribution in [0.2, 0.25) is 0 Å². The average Bonchev–Trinajstić information content (AvgIpc) is 2.76. The Hall–Kier alpha value is -2.74. The van der Waals surface area contributed by atoms with Gasteiger partial charge in [0.25, 0.3) is 0 Å². The van der Waals surface area contributed by atoms with Crippen LogP contribution in [0.15, 0.2) is 53.0 Å². The summed E-state index contributed by atoms with van der Waals surface area (Å²) in [4.78, 5) is 26.6. The molecule has 0 bridgehead atoms. The largest absolute Gasteiger partial charge is 0.338 e. The van der Waals surface area contributed by atoms with Crippen LogP contribution in [0.1, 0.15) is 18.4 Å².